The van der Waals surface area contributed by atoms with Crippen molar-refractivity contribution < 1.29 is 0 Å². The molecule has 0 spiro atoms. The van der Waals surface area contributed by atoms with Crippen LogP contribution in [0.2, 0.25) is 5.02 Å². The number of halogens is 1. The van der Waals surface area contributed by atoms with E-state index in [1.807, 2.05) is 0 Å². The van der Waals surface area contributed by atoms with Crippen molar-refractivity contribution in [2.45, 2.75) is 88.2 Å². The fourth-order valence-electron chi connectivity index (χ4n) is 8.13. The summed E-state index contributed by atoms with van der Waals surface area (Å²) in [5.41, 5.74) is 1.25. The van der Waals surface area contributed by atoms with E-state index < -0.39 is 0 Å². The van der Waals surface area contributed by atoms with E-state index in [1.165, 1.54) is 69.1 Å². The van der Waals surface area contributed by atoms with Gasteiger partial charge in [-0.15, -0.1) is 11.8 Å². The molecule has 0 aromatic heterocycles. The normalized spacial score (nSPS) is 46.4. The van der Waals surface area contributed by atoms with E-state index in [1.54, 1.807) is 0 Å². The Morgan fingerprint density at radius 3 is 2.44 bits per heavy atom. The van der Waals surface area contributed by atoms with Gasteiger partial charge in [0.15, 0.2) is 0 Å². The van der Waals surface area contributed by atoms with Gasteiger partial charge in [0.05, 0.1) is 0 Å². The Kier molecular flexibility index (Phi) is 4.87. The minimum Gasteiger partial charge on any atom is -0.122 e. The molecule has 5 rings (SSSR count). The van der Waals surface area contributed by atoms with Gasteiger partial charge in [-0.25, -0.2) is 0 Å². The van der Waals surface area contributed by atoms with Gasteiger partial charge in [0.1, 0.15) is 0 Å². The predicted octanol–water partition coefficient (Wildman–Crippen LogP) is 8.23. The molecular formula is C25H35ClS. The molecule has 4 saturated carbocycles. The lowest BCUT2D eigenvalue weighted by molar-refractivity contribution is -0.0994. The first kappa shape index (κ1) is 18.9. The summed E-state index contributed by atoms with van der Waals surface area (Å²) in [7, 11) is 0. The van der Waals surface area contributed by atoms with Crippen molar-refractivity contribution in [3.63, 3.8) is 0 Å². The van der Waals surface area contributed by atoms with Crippen LogP contribution in [-0.2, 0) is 0 Å². The van der Waals surface area contributed by atoms with Crippen LogP contribution in [0.4, 0.5) is 0 Å². The highest BCUT2D eigenvalue weighted by Gasteiger charge is 2.59. The molecule has 7 atom stereocenters. The molecule has 0 N–H and O–H groups in total. The number of fused-ring (bicyclic) bond motifs is 5. The van der Waals surface area contributed by atoms with E-state index in [2.05, 4.69) is 49.9 Å². The van der Waals surface area contributed by atoms with Crippen LogP contribution in [0, 0.1) is 34.5 Å². The maximum absolute atomic E-state index is 6.15. The van der Waals surface area contributed by atoms with E-state index in [9.17, 15) is 0 Å². The summed E-state index contributed by atoms with van der Waals surface area (Å²) in [6, 6.07) is 8.65. The molecule has 148 valence electrons. The Labute approximate surface area is 175 Å². The summed E-state index contributed by atoms with van der Waals surface area (Å²) in [4.78, 5) is 1.43. The summed E-state index contributed by atoms with van der Waals surface area (Å²) in [5.74, 6) is 3.90. The Hall–Kier alpha value is -0.140. The predicted molar refractivity (Wildman–Crippen MR) is 117 cm³/mol. The Morgan fingerprint density at radius 2 is 1.63 bits per heavy atom. The van der Waals surface area contributed by atoms with Gasteiger partial charge < -0.3 is 0 Å². The van der Waals surface area contributed by atoms with Crippen molar-refractivity contribution >= 4 is 23.4 Å². The summed E-state index contributed by atoms with van der Waals surface area (Å²) >= 11 is 8.33. The molecule has 1 aromatic rings. The van der Waals surface area contributed by atoms with Crippen LogP contribution in [0.3, 0.4) is 0 Å². The third-order valence-electron chi connectivity index (χ3n) is 9.45. The molecule has 0 heterocycles. The standard InChI is InChI=1S/C25H35ClS/c1-24-13-5-7-20(24)19-16-23(27-18-10-8-17(26)9-11-18)22-6-3-4-14-25(22,2)21(19)12-15-24/h8-11,19-23H,3-7,12-16H2,1-2H3/t19-,20-,21-,22+,23+,24-,25+/m0/s1. The summed E-state index contributed by atoms with van der Waals surface area (Å²) in [6.07, 6.45) is 14.9. The number of benzene rings is 1. The van der Waals surface area contributed by atoms with E-state index in [0.29, 0.717) is 10.8 Å². The zero-order valence-electron chi connectivity index (χ0n) is 17.1. The molecule has 4 fully saturated rings. The molecule has 2 heteroatoms. The van der Waals surface area contributed by atoms with Gasteiger partial charge >= 0.3 is 0 Å². The molecule has 0 nitrogen and oxygen atoms in total. The third kappa shape index (κ3) is 3.10. The zero-order chi connectivity index (χ0) is 18.6. The van der Waals surface area contributed by atoms with Crippen molar-refractivity contribution in [2.75, 3.05) is 0 Å². The lowest BCUT2D eigenvalue weighted by Gasteiger charge is -2.62. The second kappa shape index (κ2) is 6.98. The number of thioether (sulfide) groups is 1. The maximum atomic E-state index is 6.15. The molecule has 0 saturated heterocycles. The van der Waals surface area contributed by atoms with Gasteiger partial charge in [0, 0.05) is 15.2 Å². The number of rotatable bonds is 2. The van der Waals surface area contributed by atoms with Crippen LogP contribution in [0.1, 0.15) is 78.1 Å². The monoisotopic (exact) mass is 402 g/mol. The number of hydrogen-bond acceptors (Lipinski definition) is 1. The van der Waals surface area contributed by atoms with Crippen LogP contribution in [-0.4, -0.2) is 5.25 Å². The molecule has 0 amide bonds. The fourth-order valence-corrected chi connectivity index (χ4v) is 9.83. The molecule has 1 aromatic carbocycles. The summed E-state index contributed by atoms with van der Waals surface area (Å²) < 4.78 is 0. The third-order valence-corrected chi connectivity index (χ3v) is 11.1. The highest BCUT2D eigenvalue weighted by molar-refractivity contribution is 8.00. The van der Waals surface area contributed by atoms with Crippen molar-refractivity contribution in [1.82, 2.24) is 0 Å². The molecule has 0 unspecified atom stereocenters. The molecule has 4 aliphatic carbocycles. The zero-order valence-corrected chi connectivity index (χ0v) is 18.6. The Morgan fingerprint density at radius 1 is 0.852 bits per heavy atom. The van der Waals surface area contributed by atoms with Crippen LogP contribution in [0.25, 0.3) is 0 Å². The minimum atomic E-state index is 0.592. The Balaban J connectivity index is 1.47. The SMILES string of the molecule is C[C@@]12CCC[C@H]1[C@@H]1C[C@@H](Sc3ccc(Cl)cc3)[C@H]3CCCC[C@]3(C)[C@H]1CC2. The van der Waals surface area contributed by atoms with Gasteiger partial charge in [-0.05, 0) is 104 Å². The summed E-state index contributed by atoms with van der Waals surface area (Å²) in [6.45, 7) is 5.35. The van der Waals surface area contributed by atoms with Crippen LogP contribution < -0.4 is 0 Å². The molecule has 4 aliphatic rings. The van der Waals surface area contributed by atoms with E-state index >= 15 is 0 Å². The summed E-state index contributed by atoms with van der Waals surface area (Å²) in [5, 5.41) is 1.67. The largest absolute Gasteiger partial charge is 0.122 e. The molecule has 27 heavy (non-hydrogen) atoms. The van der Waals surface area contributed by atoms with Crippen LogP contribution in [0.5, 0.6) is 0 Å². The van der Waals surface area contributed by atoms with Gasteiger partial charge in [-0.1, -0.05) is 44.7 Å². The average Bonchev–Trinajstić information content (AvgIpc) is 3.05. The van der Waals surface area contributed by atoms with Gasteiger partial charge in [0.25, 0.3) is 0 Å². The molecule has 0 bridgehead atoms. The van der Waals surface area contributed by atoms with E-state index in [4.69, 9.17) is 11.6 Å². The van der Waals surface area contributed by atoms with Gasteiger partial charge in [0.2, 0.25) is 0 Å². The smallest absolute Gasteiger partial charge is 0.0406 e. The number of hydrogen-bond donors (Lipinski definition) is 0. The van der Waals surface area contributed by atoms with Crippen molar-refractivity contribution in [3.8, 4) is 0 Å². The Bertz CT molecular complexity index is 684. The first-order chi connectivity index (χ1) is 13.0. The maximum Gasteiger partial charge on any atom is 0.0406 e. The van der Waals surface area contributed by atoms with E-state index in [0.717, 1.165) is 33.9 Å². The van der Waals surface area contributed by atoms with Gasteiger partial charge in [-0.3, -0.25) is 0 Å². The average molecular weight is 403 g/mol. The second-order valence-corrected chi connectivity index (χ2v) is 12.4. The van der Waals surface area contributed by atoms with Crippen molar-refractivity contribution in [1.29, 1.82) is 0 Å². The first-order valence-electron chi connectivity index (χ1n) is 11.4. The van der Waals surface area contributed by atoms with Crippen LogP contribution in [0.15, 0.2) is 29.2 Å². The topological polar surface area (TPSA) is 0 Å². The highest BCUT2D eigenvalue weighted by Crippen LogP contribution is 2.67. The quantitative estimate of drug-likeness (QED) is 0.479. The fraction of sp³-hybridized carbons (Fsp3) is 0.760. The van der Waals surface area contributed by atoms with Crippen molar-refractivity contribution in [3.05, 3.63) is 29.3 Å². The molecule has 0 aliphatic heterocycles. The first-order valence-corrected chi connectivity index (χ1v) is 12.7. The van der Waals surface area contributed by atoms with E-state index in [-0.39, 0.29) is 0 Å². The van der Waals surface area contributed by atoms with Crippen molar-refractivity contribution in [2.24, 2.45) is 34.5 Å². The van der Waals surface area contributed by atoms with Gasteiger partial charge in [-0.2, -0.15) is 0 Å². The lowest BCUT2D eigenvalue weighted by Crippen LogP contribution is -2.55. The highest BCUT2D eigenvalue weighted by atomic mass is 35.5. The molecular weight excluding hydrogens is 368 g/mol. The van der Waals surface area contributed by atoms with Crippen LogP contribution >= 0.6 is 23.4 Å². The second-order valence-electron chi connectivity index (χ2n) is 10.7. The minimum absolute atomic E-state index is 0.592. The lowest BCUT2D eigenvalue weighted by atomic mass is 9.45. The molecule has 0 radical (unpaired) electrons.